The Morgan fingerprint density at radius 1 is 0.491 bits per heavy atom. The molecular formula is C56H55N. The second-order valence-electron chi connectivity index (χ2n) is 20.0. The molecule has 6 aromatic carbocycles. The number of hydrogen-bond acceptors (Lipinski definition) is 1. The molecule has 7 aliphatic carbocycles. The smallest absolute Gasteiger partial charge is 0.0540 e. The molecule has 0 N–H and O–H groups in total. The minimum atomic E-state index is -0.132. The normalized spacial score (nSPS) is 28.4. The van der Waals surface area contributed by atoms with Gasteiger partial charge < -0.3 is 4.90 Å². The second kappa shape index (κ2) is 12.8. The molecule has 0 aromatic heterocycles. The zero-order chi connectivity index (χ0) is 37.9. The van der Waals surface area contributed by atoms with Gasteiger partial charge in [-0.3, -0.25) is 0 Å². The van der Waals surface area contributed by atoms with Crippen molar-refractivity contribution in [3.63, 3.8) is 0 Å². The molecule has 13 rings (SSSR count). The molecule has 1 nitrogen and oxygen atoms in total. The highest BCUT2D eigenvalue weighted by Crippen LogP contribution is 2.62. The molecule has 0 spiro atoms. The molecule has 6 bridgehead atoms. The summed E-state index contributed by atoms with van der Waals surface area (Å²) in [5.74, 6) is 5.26. The van der Waals surface area contributed by atoms with Gasteiger partial charge in [-0.15, -0.1) is 0 Å². The maximum absolute atomic E-state index is 2.65. The Morgan fingerprint density at radius 2 is 1.14 bits per heavy atom. The van der Waals surface area contributed by atoms with E-state index < -0.39 is 0 Å². The summed E-state index contributed by atoms with van der Waals surface area (Å²) in [6.07, 6.45) is 14.2. The largest absolute Gasteiger partial charge is 0.310 e. The lowest BCUT2D eigenvalue weighted by Crippen LogP contribution is -2.48. The minimum Gasteiger partial charge on any atom is -0.310 e. The Morgan fingerprint density at radius 3 is 1.79 bits per heavy atom. The molecular weight excluding hydrogens is 687 g/mol. The molecule has 284 valence electrons. The fourth-order valence-corrected chi connectivity index (χ4v) is 14.1. The van der Waals surface area contributed by atoms with Gasteiger partial charge in [0, 0.05) is 22.4 Å². The van der Waals surface area contributed by atoms with Crippen LogP contribution in [0.3, 0.4) is 0 Å². The zero-order valence-electron chi connectivity index (χ0n) is 33.8. The Kier molecular flexibility index (Phi) is 7.68. The molecule has 57 heavy (non-hydrogen) atoms. The third kappa shape index (κ3) is 5.40. The predicted molar refractivity (Wildman–Crippen MR) is 238 cm³/mol. The lowest BCUT2D eigenvalue weighted by atomic mass is 9.48. The van der Waals surface area contributed by atoms with Gasteiger partial charge in [-0.05, 0) is 185 Å². The summed E-state index contributed by atoms with van der Waals surface area (Å²) in [7, 11) is 0. The van der Waals surface area contributed by atoms with Crippen LogP contribution < -0.4 is 4.90 Å². The lowest BCUT2D eigenvalue weighted by molar-refractivity contribution is -0.00516. The summed E-state index contributed by atoms with van der Waals surface area (Å²) in [6.45, 7) is 4.86. The van der Waals surface area contributed by atoms with E-state index in [1.807, 2.05) is 0 Å². The van der Waals surface area contributed by atoms with Gasteiger partial charge in [-0.1, -0.05) is 123 Å². The van der Waals surface area contributed by atoms with E-state index >= 15 is 0 Å². The van der Waals surface area contributed by atoms with Crippen molar-refractivity contribution in [3.05, 3.63) is 162 Å². The van der Waals surface area contributed by atoms with Crippen LogP contribution in [-0.2, 0) is 10.8 Å². The molecule has 0 amide bonds. The quantitative estimate of drug-likeness (QED) is 0.157. The Labute approximate surface area is 340 Å². The van der Waals surface area contributed by atoms with Crippen LogP contribution in [0.15, 0.2) is 140 Å². The first-order chi connectivity index (χ1) is 27.9. The van der Waals surface area contributed by atoms with Crippen molar-refractivity contribution in [2.75, 3.05) is 4.90 Å². The summed E-state index contributed by atoms with van der Waals surface area (Å²) in [5, 5.41) is 0. The minimum absolute atomic E-state index is 0.132. The summed E-state index contributed by atoms with van der Waals surface area (Å²) < 4.78 is 0. The highest BCUT2D eigenvalue weighted by Gasteiger charge is 2.52. The Bertz CT molecular complexity index is 2450. The highest BCUT2D eigenvalue weighted by atomic mass is 15.1. The van der Waals surface area contributed by atoms with Crippen LogP contribution in [0.5, 0.6) is 0 Å². The van der Waals surface area contributed by atoms with E-state index in [0.29, 0.717) is 5.41 Å². The van der Waals surface area contributed by atoms with Crippen molar-refractivity contribution in [2.24, 2.45) is 29.6 Å². The zero-order valence-corrected chi connectivity index (χ0v) is 33.8. The predicted octanol–water partition coefficient (Wildman–Crippen LogP) is 15.2. The van der Waals surface area contributed by atoms with Crippen molar-refractivity contribution in [2.45, 2.75) is 94.8 Å². The van der Waals surface area contributed by atoms with Gasteiger partial charge in [0.15, 0.2) is 0 Å². The van der Waals surface area contributed by atoms with Crippen LogP contribution in [0.4, 0.5) is 17.1 Å². The van der Waals surface area contributed by atoms with Gasteiger partial charge >= 0.3 is 0 Å². The fraction of sp³-hybridized carbons (Fsp3) is 0.357. The monoisotopic (exact) mass is 741 g/mol. The topological polar surface area (TPSA) is 3.24 Å². The average Bonchev–Trinajstić information content (AvgIpc) is 3.94. The molecule has 0 saturated heterocycles. The van der Waals surface area contributed by atoms with Crippen LogP contribution in [0, 0.1) is 29.6 Å². The third-order valence-electron chi connectivity index (χ3n) is 16.3. The standard InChI is InChI=1S/C56H55N/c1-55(2)51-16-10-9-15-47(51)54-50(41-13-7-4-8-14-41)31-46(32-52(54)55)57(45-22-19-42(20-23-45)48-29-36-17-18-43(48)28-36)53-24-21-44(30-49(53)40-11-5-3-6-12-40)56-33-37-25-38(34-56)27-39(26-37)35-56/h3-16,19-24,30-32,36-39,43,48H,17-18,25-29,33-35H2,1-2H3. The van der Waals surface area contributed by atoms with Crippen molar-refractivity contribution in [3.8, 4) is 33.4 Å². The molecule has 6 aromatic rings. The van der Waals surface area contributed by atoms with Crippen molar-refractivity contribution in [1.82, 2.24) is 0 Å². The average molecular weight is 742 g/mol. The third-order valence-corrected chi connectivity index (χ3v) is 16.3. The number of anilines is 3. The van der Waals surface area contributed by atoms with Crippen LogP contribution in [-0.4, -0.2) is 0 Å². The molecule has 6 saturated carbocycles. The van der Waals surface area contributed by atoms with Crippen LogP contribution in [0.1, 0.15) is 106 Å². The number of fused-ring (bicyclic) bond motifs is 5. The summed E-state index contributed by atoms with van der Waals surface area (Å²) >= 11 is 0. The van der Waals surface area contributed by atoms with Gasteiger partial charge in [0.1, 0.15) is 0 Å². The molecule has 3 unspecified atom stereocenters. The second-order valence-corrected chi connectivity index (χ2v) is 20.0. The summed E-state index contributed by atoms with van der Waals surface area (Å²) in [6, 6.07) is 54.3. The van der Waals surface area contributed by atoms with Gasteiger partial charge in [0.25, 0.3) is 0 Å². The molecule has 0 aliphatic heterocycles. The van der Waals surface area contributed by atoms with Crippen molar-refractivity contribution in [1.29, 1.82) is 0 Å². The number of rotatable bonds is 7. The molecule has 0 radical (unpaired) electrons. The first-order valence-electron chi connectivity index (χ1n) is 22.3. The molecule has 7 aliphatic rings. The first-order valence-corrected chi connectivity index (χ1v) is 22.3. The van der Waals surface area contributed by atoms with E-state index in [-0.39, 0.29) is 5.41 Å². The number of hydrogen-bond donors (Lipinski definition) is 0. The number of nitrogens with zero attached hydrogens (tertiary/aromatic N) is 1. The van der Waals surface area contributed by atoms with E-state index in [0.717, 1.165) is 35.5 Å². The van der Waals surface area contributed by atoms with E-state index in [4.69, 9.17) is 0 Å². The summed E-state index contributed by atoms with van der Waals surface area (Å²) in [5.41, 5.74) is 17.9. The van der Waals surface area contributed by atoms with E-state index in [9.17, 15) is 0 Å². The maximum atomic E-state index is 2.65. The molecule has 0 heterocycles. The lowest BCUT2D eigenvalue weighted by Gasteiger charge is -2.57. The van der Waals surface area contributed by atoms with E-state index in [1.54, 1.807) is 11.1 Å². The number of benzene rings is 6. The van der Waals surface area contributed by atoms with Crippen molar-refractivity contribution < 1.29 is 0 Å². The molecule has 3 atom stereocenters. The molecule has 6 fully saturated rings. The van der Waals surface area contributed by atoms with Crippen LogP contribution in [0.25, 0.3) is 33.4 Å². The Balaban J connectivity index is 1.08. The van der Waals surface area contributed by atoms with Crippen LogP contribution in [0.2, 0.25) is 0 Å². The van der Waals surface area contributed by atoms with Gasteiger partial charge in [-0.25, -0.2) is 0 Å². The fourth-order valence-electron chi connectivity index (χ4n) is 14.1. The maximum Gasteiger partial charge on any atom is 0.0540 e. The first kappa shape index (κ1) is 34.2. The van der Waals surface area contributed by atoms with E-state index in [1.165, 1.54) is 126 Å². The van der Waals surface area contributed by atoms with Gasteiger partial charge in [-0.2, -0.15) is 0 Å². The SMILES string of the molecule is CC1(C)c2ccccc2-c2c(-c3ccccc3)cc(N(c3ccc(C4CC5CCC4C5)cc3)c3ccc(C45CC6CC(CC(C6)C4)C5)cc3-c3ccccc3)cc21. The van der Waals surface area contributed by atoms with E-state index in [2.05, 4.69) is 158 Å². The molecule has 1 heteroatoms. The van der Waals surface area contributed by atoms with Crippen molar-refractivity contribution >= 4 is 17.1 Å². The highest BCUT2D eigenvalue weighted by molar-refractivity contribution is 5.97. The Hall–Kier alpha value is -4.88. The van der Waals surface area contributed by atoms with Crippen LogP contribution >= 0.6 is 0 Å². The van der Waals surface area contributed by atoms with Gasteiger partial charge in [0.05, 0.1) is 5.69 Å². The van der Waals surface area contributed by atoms with Gasteiger partial charge in [0.2, 0.25) is 0 Å². The summed E-state index contributed by atoms with van der Waals surface area (Å²) in [4.78, 5) is 2.63.